The van der Waals surface area contributed by atoms with Gasteiger partial charge in [0, 0.05) is 19.2 Å². The van der Waals surface area contributed by atoms with Crippen molar-refractivity contribution in [1.29, 1.82) is 0 Å². The number of nitro groups is 1. The van der Waals surface area contributed by atoms with Crippen LogP contribution in [-0.4, -0.2) is 35.0 Å². The Kier molecular flexibility index (Phi) is 5.70. The number of nitrogens with one attached hydrogen (secondary N) is 1. The molecule has 0 aliphatic rings. The number of methoxy groups -OCH3 is 1. The van der Waals surface area contributed by atoms with Gasteiger partial charge in [-0.05, 0) is 6.42 Å². The maximum Gasteiger partial charge on any atom is 0.307 e. The fourth-order valence-electron chi connectivity index (χ4n) is 1.68. The van der Waals surface area contributed by atoms with Crippen molar-refractivity contribution >= 4 is 17.6 Å². The van der Waals surface area contributed by atoms with Gasteiger partial charge < -0.3 is 14.6 Å². The minimum atomic E-state index is -0.544. The van der Waals surface area contributed by atoms with Gasteiger partial charge in [-0.15, -0.1) is 0 Å². The van der Waals surface area contributed by atoms with Crippen molar-refractivity contribution < 1.29 is 19.2 Å². The average molecular weight is 283 g/mol. The van der Waals surface area contributed by atoms with Crippen LogP contribution in [0.15, 0.2) is 12.3 Å². The van der Waals surface area contributed by atoms with E-state index in [-0.39, 0.29) is 24.3 Å². The second kappa shape index (κ2) is 7.27. The van der Waals surface area contributed by atoms with Crippen LogP contribution in [0, 0.1) is 10.1 Å². The lowest BCUT2D eigenvalue weighted by atomic mass is 10.3. The molecule has 110 valence electrons. The second-order valence-corrected chi connectivity index (χ2v) is 4.12. The Bertz CT molecular complexity index is 509. The maximum absolute atomic E-state index is 11.9. The molecular formula is C12H17N3O5. The molecule has 1 rings (SSSR count). The minimum absolute atomic E-state index is 0.0544. The Labute approximate surface area is 115 Å². The fourth-order valence-corrected chi connectivity index (χ4v) is 1.68. The molecule has 8 nitrogen and oxygen atoms in total. The number of ether oxygens (including phenoxy) is 1. The first kappa shape index (κ1) is 15.7. The molecule has 1 aromatic rings. The summed E-state index contributed by atoms with van der Waals surface area (Å²) in [5.41, 5.74) is 0.0833. The summed E-state index contributed by atoms with van der Waals surface area (Å²) in [5, 5.41) is 13.3. The summed E-state index contributed by atoms with van der Waals surface area (Å²) < 4.78 is 5.98. The van der Waals surface area contributed by atoms with Gasteiger partial charge in [-0.1, -0.05) is 6.92 Å². The first-order valence-electron chi connectivity index (χ1n) is 6.19. The largest absolute Gasteiger partial charge is 0.469 e. The Morgan fingerprint density at radius 1 is 1.50 bits per heavy atom. The SMILES string of the molecule is CCCn1cc([N+](=O)[O-])cc1C(=O)NCCC(=O)OC. The average Bonchev–Trinajstić information content (AvgIpc) is 2.83. The van der Waals surface area contributed by atoms with Gasteiger partial charge in [0.25, 0.3) is 11.6 Å². The van der Waals surface area contributed by atoms with Gasteiger partial charge >= 0.3 is 5.97 Å². The van der Waals surface area contributed by atoms with Gasteiger partial charge in [-0.3, -0.25) is 19.7 Å². The molecule has 0 bridgehead atoms. The standard InChI is InChI=1S/C12H17N3O5/c1-3-6-14-8-9(15(18)19)7-10(14)12(17)13-5-4-11(16)20-2/h7-8H,3-6H2,1-2H3,(H,13,17). The van der Waals surface area contributed by atoms with Crippen molar-refractivity contribution in [2.75, 3.05) is 13.7 Å². The van der Waals surface area contributed by atoms with Crippen LogP contribution in [0.3, 0.4) is 0 Å². The summed E-state index contributed by atoms with van der Waals surface area (Å²) in [6.45, 7) is 2.54. The lowest BCUT2D eigenvalue weighted by Gasteiger charge is -2.07. The molecule has 0 atom stereocenters. The Balaban J connectivity index is 2.75. The zero-order chi connectivity index (χ0) is 15.1. The third-order valence-electron chi connectivity index (χ3n) is 2.63. The van der Waals surface area contributed by atoms with Gasteiger partial charge in [0.15, 0.2) is 0 Å². The zero-order valence-electron chi connectivity index (χ0n) is 11.4. The number of carbonyl (C=O) groups is 2. The van der Waals surface area contributed by atoms with Crippen molar-refractivity contribution in [2.24, 2.45) is 0 Å². The highest BCUT2D eigenvalue weighted by Gasteiger charge is 2.18. The molecule has 0 aromatic carbocycles. The van der Waals surface area contributed by atoms with Gasteiger partial charge in [0.05, 0.1) is 24.7 Å². The molecule has 0 radical (unpaired) electrons. The van der Waals surface area contributed by atoms with Crippen LogP contribution in [0.25, 0.3) is 0 Å². The van der Waals surface area contributed by atoms with Crippen LogP contribution in [0.4, 0.5) is 5.69 Å². The molecule has 0 saturated carbocycles. The van der Waals surface area contributed by atoms with Crippen molar-refractivity contribution in [1.82, 2.24) is 9.88 Å². The lowest BCUT2D eigenvalue weighted by molar-refractivity contribution is -0.384. The number of hydrogen-bond donors (Lipinski definition) is 1. The molecule has 1 N–H and O–H groups in total. The number of esters is 1. The van der Waals surface area contributed by atoms with Crippen LogP contribution in [0.5, 0.6) is 0 Å². The van der Waals surface area contributed by atoms with E-state index in [1.165, 1.54) is 23.9 Å². The molecule has 1 amide bonds. The van der Waals surface area contributed by atoms with Crippen LogP contribution < -0.4 is 5.32 Å². The maximum atomic E-state index is 11.9. The zero-order valence-corrected chi connectivity index (χ0v) is 11.4. The molecule has 0 saturated heterocycles. The van der Waals surface area contributed by atoms with Crippen LogP contribution in [0.2, 0.25) is 0 Å². The van der Waals surface area contributed by atoms with E-state index in [0.29, 0.717) is 6.54 Å². The van der Waals surface area contributed by atoms with E-state index in [0.717, 1.165) is 6.42 Å². The molecule has 1 heterocycles. The third-order valence-corrected chi connectivity index (χ3v) is 2.63. The Morgan fingerprint density at radius 3 is 2.75 bits per heavy atom. The lowest BCUT2D eigenvalue weighted by Crippen LogP contribution is -2.28. The first-order chi connectivity index (χ1) is 9.49. The smallest absolute Gasteiger partial charge is 0.307 e. The van der Waals surface area contributed by atoms with Crippen LogP contribution >= 0.6 is 0 Å². The van der Waals surface area contributed by atoms with Crippen LogP contribution in [0.1, 0.15) is 30.3 Å². The highest BCUT2D eigenvalue weighted by Crippen LogP contribution is 2.17. The fraction of sp³-hybridized carbons (Fsp3) is 0.500. The molecule has 0 fully saturated rings. The molecule has 1 aromatic heterocycles. The van der Waals surface area contributed by atoms with Gasteiger partial charge in [0.2, 0.25) is 0 Å². The number of aryl methyl sites for hydroxylation is 1. The van der Waals surface area contributed by atoms with Gasteiger partial charge in [0.1, 0.15) is 5.69 Å². The van der Waals surface area contributed by atoms with Crippen molar-refractivity contribution in [3.8, 4) is 0 Å². The first-order valence-corrected chi connectivity index (χ1v) is 6.19. The number of aromatic nitrogens is 1. The predicted octanol–water partition coefficient (Wildman–Crippen LogP) is 1.10. The number of amides is 1. The summed E-state index contributed by atoms with van der Waals surface area (Å²) in [6, 6.07) is 1.23. The molecule has 0 aliphatic heterocycles. The molecule has 0 aliphatic carbocycles. The number of nitrogens with zero attached hydrogens (tertiary/aromatic N) is 2. The quantitative estimate of drug-likeness (QED) is 0.458. The van der Waals surface area contributed by atoms with E-state index in [1.54, 1.807) is 0 Å². The minimum Gasteiger partial charge on any atom is -0.469 e. The highest BCUT2D eigenvalue weighted by atomic mass is 16.6. The Hall–Kier alpha value is -2.38. The summed E-state index contributed by atoms with van der Waals surface area (Å²) >= 11 is 0. The summed E-state index contributed by atoms with van der Waals surface area (Å²) in [4.78, 5) is 33.1. The van der Waals surface area contributed by atoms with Gasteiger partial charge in [-0.25, -0.2) is 0 Å². The molecule has 8 heteroatoms. The highest BCUT2D eigenvalue weighted by molar-refractivity contribution is 5.93. The van der Waals surface area contributed by atoms with Crippen molar-refractivity contribution in [3.05, 3.63) is 28.1 Å². The summed E-state index contributed by atoms with van der Waals surface area (Å²) in [6.07, 6.45) is 2.13. The molecular weight excluding hydrogens is 266 g/mol. The molecule has 0 spiro atoms. The van der Waals surface area contributed by atoms with E-state index >= 15 is 0 Å². The van der Waals surface area contributed by atoms with E-state index < -0.39 is 16.8 Å². The van der Waals surface area contributed by atoms with Gasteiger partial charge in [-0.2, -0.15) is 0 Å². The number of carbonyl (C=O) groups excluding carboxylic acids is 2. The molecule has 20 heavy (non-hydrogen) atoms. The summed E-state index contributed by atoms with van der Waals surface area (Å²) in [5.74, 6) is -0.879. The third kappa shape index (κ3) is 4.08. The summed E-state index contributed by atoms with van der Waals surface area (Å²) in [7, 11) is 1.26. The topological polar surface area (TPSA) is 103 Å². The number of hydrogen-bond acceptors (Lipinski definition) is 5. The Morgan fingerprint density at radius 2 is 2.20 bits per heavy atom. The van der Waals surface area contributed by atoms with Crippen molar-refractivity contribution in [2.45, 2.75) is 26.3 Å². The monoisotopic (exact) mass is 283 g/mol. The second-order valence-electron chi connectivity index (χ2n) is 4.12. The molecule has 0 unspecified atom stereocenters. The van der Waals surface area contributed by atoms with E-state index in [1.807, 2.05) is 6.92 Å². The predicted molar refractivity (Wildman–Crippen MR) is 70.3 cm³/mol. The number of rotatable bonds is 7. The van der Waals surface area contributed by atoms with E-state index in [4.69, 9.17) is 0 Å². The van der Waals surface area contributed by atoms with Crippen molar-refractivity contribution in [3.63, 3.8) is 0 Å². The van der Waals surface area contributed by atoms with E-state index in [9.17, 15) is 19.7 Å². The normalized spacial score (nSPS) is 10.1. The van der Waals surface area contributed by atoms with Crippen LogP contribution in [-0.2, 0) is 16.1 Å². The van der Waals surface area contributed by atoms with E-state index in [2.05, 4.69) is 10.1 Å².